The summed E-state index contributed by atoms with van der Waals surface area (Å²) in [5.74, 6) is 0. The molecule has 0 atom stereocenters. The monoisotopic (exact) mass is 248 g/mol. The molecule has 0 aliphatic carbocycles. The molecule has 0 radical (unpaired) electrons. The van der Waals surface area contributed by atoms with Crippen LogP contribution < -0.4 is 4.90 Å². The molecule has 100 valence electrons. The van der Waals surface area contributed by atoms with E-state index >= 15 is 0 Å². The van der Waals surface area contributed by atoms with E-state index in [4.69, 9.17) is 5.11 Å². The molecule has 2 rings (SSSR count). The molecule has 1 aromatic rings. The quantitative estimate of drug-likeness (QED) is 0.878. The number of likely N-dealkylation sites (N-methyl/N-ethyl adjacent to an activating group) is 1. The number of aliphatic hydroxyl groups is 1. The van der Waals surface area contributed by atoms with Crippen LogP contribution in [0.3, 0.4) is 0 Å². The first kappa shape index (κ1) is 13.4. The standard InChI is InChI=1S/C15H24N2O/c1-3-16-7-9-17(10-8-16)15-5-4-14(6-11-18)12-13(15)2/h4-5,12,18H,3,6-11H2,1-2H3. The maximum absolute atomic E-state index is 8.97. The van der Waals surface area contributed by atoms with Crippen LogP contribution in [0, 0.1) is 6.92 Å². The van der Waals surface area contributed by atoms with Crippen molar-refractivity contribution < 1.29 is 5.11 Å². The van der Waals surface area contributed by atoms with Crippen molar-refractivity contribution in [1.29, 1.82) is 0 Å². The molecule has 1 aliphatic heterocycles. The van der Waals surface area contributed by atoms with Gasteiger partial charge < -0.3 is 14.9 Å². The lowest BCUT2D eigenvalue weighted by molar-refractivity contribution is 0.271. The van der Waals surface area contributed by atoms with E-state index in [9.17, 15) is 0 Å². The van der Waals surface area contributed by atoms with Gasteiger partial charge in [0.1, 0.15) is 0 Å². The van der Waals surface area contributed by atoms with E-state index in [0.29, 0.717) is 0 Å². The second kappa shape index (κ2) is 6.21. The van der Waals surface area contributed by atoms with Gasteiger partial charge in [-0.25, -0.2) is 0 Å². The Kier molecular flexibility index (Phi) is 4.61. The van der Waals surface area contributed by atoms with Crippen molar-refractivity contribution in [3.05, 3.63) is 29.3 Å². The van der Waals surface area contributed by atoms with Gasteiger partial charge in [0.05, 0.1) is 0 Å². The highest BCUT2D eigenvalue weighted by atomic mass is 16.2. The van der Waals surface area contributed by atoms with Gasteiger partial charge in [0, 0.05) is 38.5 Å². The summed E-state index contributed by atoms with van der Waals surface area (Å²) in [5, 5.41) is 8.97. The largest absolute Gasteiger partial charge is 0.396 e. The molecule has 0 bridgehead atoms. The topological polar surface area (TPSA) is 26.7 Å². The summed E-state index contributed by atoms with van der Waals surface area (Å²) in [6.07, 6.45) is 0.755. The van der Waals surface area contributed by atoms with E-state index in [0.717, 1.165) is 39.1 Å². The molecule has 0 saturated carbocycles. The van der Waals surface area contributed by atoms with Crippen LogP contribution in [0.5, 0.6) is 0 Å². The SMILES string of the molecule is CCN1CCN(c2ccc(CCO)cc2C)CC1. The fourth-order valence-corrected chi connectivity index (χ4v) is 2.66. The van der Waals surface area contributed by atoms with Crippen LogP contribution >= 0.6 is 0 Å². The highest BCUT2D eigenvalue weighted by Gasteiger charge is 2.17. The number of aryl methyl sites for hydroxylation is 1. The lowest BCUT2D eigenvalue weighted by Gasteiger charge is -2.36. The average molecular weight is 248 g/mol. The molecule has 1 aromatic carbocycles. The Morgan fingerprint density at radius 3 is 2.44 bits per heavy atom. The smallest absolute Gasteiger partial charge is 0.0471 e. The van der Waals surface area contributed by atoms with Crippen LogP contribution in [0.2, 0.25) is 0 Å². The lowest BCUT2D eigenvalue weighted by atomic mass is 10.1. The van der Waals surface area contributed by atoms with Crippen molar-refractivity contribution in [3.63, 3.8) is 0 Å². The summed E-state index contributed by atoms with van der Waals surface area (Å²) in [5.41, 5.74) is 3.91. The molecule has 1 fully saturated rings. The normalized spacial score (nSPS) is 17.2. The third kappa shape index (κ3) is 3.03. The molecule has 1 heterocycles. The van der Waals surface area contributed by atoms with E-state index in [1.807, 2.05) is 0 Å². The van der Waals surface area contributed by atoms with Gasteiger partial charge in [-0.05, 0) is 37.1 Å². The van der Waals surface area contributed by atoms with Crippen LogP contribution in [0.15, 0.2) is 18.2 Å². The lowest BCUT2D eigenvalue weighted by Crippen LogP contribution is -2.46. The average Bonchev–Trinajstić information content (AvgIpc) is 2.40. The Morgan fingerprint density at radius 2 is 1.89 bits per heavy atom. The fraction of sp³-hybridized carbons (Fsp3) is 0.600. The molecule has 1 aliphatic rings. The molecule has 3 heteroatoms. The van der Waals surface area contributed by atoms with Crippen LogP contribution in [0.25, 0.3) is 0 Å². The number of hydrogen-bond donors (Lipinski definition) is 1. The van der Waals surface area contributed by atoms with Crippen LogP contribution in [-0.2, 0) is 6.42 Å². The van der Waals surface area contributed by atoms with Gasteiger partial charge in [-0.15, -0.1) is 0 Å². The number of aliphatic hydroxyl groups excluding tert-OH is 1. The molecule has 1 N–H and O–H groups in total. The van der Waals surface area contributed by atoms with E-state index in [1.54, 1.807) is 0 Å². The molecule has 0 unspecified atom stereocenters. The van der Waals surface area contributed by atoms with Crippen molar-refractivity contribution in [1.82, 2.24) is 4.90 Å². The van der Waals surface area contributed by atoms with Gasteiger partial charge >= 0.3 is 0 Å². The molecule has 0 amide bonds. The Bertz CT molecular complexity index is 384. The molecule has 0 aromatic heterocycles. The molecular formula is C15H24N2O. The van der Waals surface area contributed by atoms with Gasteiger partial charge in [-0.1, -0.05) is 19.1 Å². The fourth-order valence-electron chi connectivity index (χ4n) is 2.66. The van der Waals surface area contributed by atoms with Crippen molar-refractivity contribution in [2.75, 3.05) is 44.2 Å². The third-order valence-corrected chi connectivity index (χ3v) is 3.82. The number of benzene rings is 1. The zero-order chi connectivity index (χ0) is 13.0. The van der Waals surface area contributed by atoms with Crippen molar-refractivity contribution in [2.24, 2.45) is 0 Å². The highest BCUT2D eigenvalue weighted by Crippen LogP contribution is 2.22. The summed E-state index contributed by atoms with van der Waals surface area (Å²) < 4.78 is 0. The Balaban J connectivity index is 2.05. The maximum atomic E-state index is 8.97. The van der Waals surface area contributed by atoms with Crippen molar-refractivity contribution in [3.8, 4) is 0 Å². The minimum atomic E-state index is 0.230. The molecule has 1 saturated heterocycles. The van der Waals surface area contributed by atoms with Crippen LogP contribution in [0.4, 0.5) is 5.69 Å². The number of rotatable bonds is 4. The minimum absolute atomic E-state index is 0.230. The summed E-state index contributed by atoms with van der Waals surface area (Å²) in [4.78, 5) is 4.97. The second-order valence-electron chi connectivity index (χ2n) is 5.02. The maximum Gasteiger partial charge on any atom is 0.0471 e. The van der Waals surface area contributed by atoms with Crippen molar-refractivity contribution >= 4 is 5.69 Å². The van der Waals surface area contributed by atoms with E-state index in [1.165, 1.54) is 16.8 Å². The molecule has 18 heavy (non-hydrogen) atoms. The predicted molar refractivity (Wildman–Crippen MR) is 76.3 cm³/mol. The number of hydrogen-bond acceptors (Lipinski definition) is 3. The first-order valence-electron chi connectivity index (χ1n) is 6.92. The first-order chi connectivity index (χ1) is 8.74. The van der Waals surface area contributed by atoms with Crippen molar-refractivity contribution in [2.45, 2.75) is 20.3 Å². The van der Waals surface area contributed by atoms with Gasteiger partial charge in [0.2, 0.25) is 0 Å². The third-order valence-electron chi connectivity index (χ3n) is 3.82. The van der Waals surface area contributed by atoms with E-state index < -0.39 is 0 Å². The zero-order valence-corrected chi connectivity index (χ0v) is 11.5. The molecule has 3 nitrogen and oxygen atoms in total. The summed E-state index contributed by atoms with van der Waals surface area (Å²) >= 11 is 0. The Hall–Kier alpha value is -1.06. The van der Waals surface area contributed by atoms with Gasteiger partial charge in [-0.2, -0.15) is 0 Å². The number of piperazine rings is 1. The Labute approximate surface area is 110 Å². The summed E-state index contributed by atoms with van der Waals surface area (Å²) in [7, 11) is 0. The summed E-state index contributed by atoms with van der Waals surface area (Å²) in [6.45, 7) is 10.3. The molecule has 0 spiro atoms. The minimum Gasteiger partial charge on any atom is -0.396 e. The van der Waals surface area contributed by atoms with Gasteiger partial charge in [-0.3, -0.25) is 0 Å². The zero-order valence-electron chi connectivity index (χ0n) is 11.5. The highest BCUT2D eigenvalue weighted by molar-refractivity contribution is 5.54. The van der Waals surface area contributed by atoms with Crippen LogP contribution in [0.1, 0.15) is 18.1 Å². The van der Waals surface area contributed by atoms with E-state index in [2.05, 4.69) is 41.8 Å². The first-order valence-corrected chi connectivity index (χ1v) is 6.92. The van der Waals surface area contributed by atoms with Gasteiger partial charge in [0.15, 0.2) is 0 Å². The number of nitrogens with zero attached hydrogens (tertiary/aromatic N) is 2. The predicted octanol–water partition coefficient (Wildman–Crippen LogP) is 1.67. The number of anilines is 1. The second-order valence-corrected chi connectivity index (χ2v) is 5.02. The Morgan fingerprint density at radius 1 is 1.17 bits per heavy atom. The molecular weight excluding hydrogens is 224 g/mol. The summed E-state index contributed by atoms with van der Waals surface area (Å²) in [6, 6.07) is 6.56. The van der Waals surface area contributed by atoms with E-state index in [-0.39, 0.29) is 6.61 Å². The van der Waals surface area contributed by atoms with Crippen LogP contribution in [-0.4, -0.2) is 49.3 Å². The van der Waals surface area contributed by atoms with Gasteiger partial charge in [0.25, 0.3) is 0 Å².